The van der Waals surface area contributed by atoms with Crippen LogP contribution in [0.25, 0.3) is 0 Å². The number of phenols is 1. The maximum absolute atomic E-state index is 13.1. The second-order valence-electron chi connectivity index (χ2n) is 4.14. The maximum atomic E-state index is 13.1. The molecule has 0 fully saturated rings. The van der Waals surface area contributed by atoms with E-state index in [9.17, 15) is 24.4 Å². The molecule has 2 aromatic carbocycles. The first-order valence-electron chi connectivity index (χ1n) is 5.72. The molecule has 0 spiro atoms. The summed E-state index contributed by atoms with van der Waals surface area (Å²) in [6.45, 7) is 0. The molecule has 2 aromatic rings. The van der Waals surface area contributed by atoms with Gasteiger partial charge in [0, 0.05) is 23.1 Å². The average molecular weight is 308 g/mol. The van der Waals surface area contributed by atoms with Crippen LogP contribution in [-0.2, 0) is 0 Å². The van der Waals surface area contributed by atoms with Crippen LogP contribution in [0.15, 0.2) is 36.4 Å². The van der Waals surface area contributed by atoms with Gasteiger partial charge in [0.05, 0.1) is 10.5 Å². The molecule has 0 bridgehead atoms. The Morgan fingerprint density at radius 1 is 1.29 bits per heavy atom. The number of carbonyl (C=O) groups excluding carboxylic acids is 1. The number of non-ortho nitro benzene ring substituents is 1. The van der Waals surface area contributed by atoms with Gasteiger partial charge in [0.2, 0.25) is 0 Å². The molecule has 108 valence electrons. The number of nitrogens with zero attached hydrogens (tertiary/aromatic N) is 1. The zero-order chi connectivity index (χ0) is 15.6. The van der Waals surface area contributed by atoms with Crippen LogP contribution in [0.2, 0.25) is 0 Å². The number of rotatable bonds is 3. The quantitative estimate of drug-likeness (QED) is 0.516. The molecule has 0 aliphatic heterocycles. The second kappa shape index (κ2) is 5.85. The van der Waals surface area contributed by atoms with E-state index in [2.05, 4.69) is 14.6 Å². The van der Waals surface area contributed by atoms with Gasteiger partial charge in [0.25, 0.3) is 11.6 Å². The first-order valence-corrected chi connectivity index (χ1v) is 6.30. The number of amides is 1. The Hall–Kier alpha value is -2.53. The molecule has 0 aromatic heterocycles. The molecule has 1 atom stereocenters. The van der Waals surface area contributed by atoms with Crippen molar-refractivity contribution in [1.82, 2.24) is 0 Å². The predicted molar refractivity (Wildman–Crippen MR) is 78.5 cm³/mol. The van der Waals surface area contributed by atoms with E-state index in [1.165, 1.54) is 18.2 Å². The molecular formula is C13H10FN2O4P. The number of nitrogens with one attached hydrogen (secondary N) is 1. The normalized spacial score (nSPS) is 10.2. The highest BCUT2D eigenvalue weighted by Crippen LogP contribution is 2.21. The molecule has 0 aliphatic rings. The number of hydrogen-bond acceptors (Lipinski definition) is 4. The Kier molecular flexibility index (Phi) is 4.14. The van der Waals surface area contributed by atoms with Crippen LogP contribution in [0.4, 0.5) is 15.8 Å². The lowest BCUT2D eigenvalue weighted by Gasteiger charge is -2.09. The SMILES string of the molecule is O=C(Nc1ccc([N+](=O)[O-])cc1P)c1cc(F)ccc1O. The van der Waals surface area contributed by atoms with Gasteiger partial charge in [-0.2, -0.15) is 0 Å². The first-order chi connectivity index (χ1) is 9.88. The highest BCUT2D eigenvalue weighted by molar-refractivity contribution is 7.28. The average Bonchev–Trinajstić information content (AvgIpc) is 2.43. The number of phenolic OH excluding ortho intramolecular Hbond substituents is 1. The van der Waals surface area contributed by atoms with Gasteiger partial charge in [-0.3, -0.25) is 14.9 Å². The number of halogens is 1. The molecule has 6 nitrogen and oxygen atoms in total. The van der Waals surface area contributed by atoms with Crippen molar-refractivity contribution in [3.63, 3.8) is 0 Å². The van der Waals surface area contributed by atoms with E-state index >= 15 is 0 Å². The van der Waals surface area contributed by atoms with Gasteiger partial charge in [-0.05, 0) is 24.3 Å². The van der Waals surface area contributed by atoms with E-state index in [-0.39, 0.29) is 17.0 Å². The maximum Gasteiger partial charge on any atom is 0.270 e. The second-order valence-corrected chi connectivity index (χ2v) is 4.77. The first kappa shape index (κ1) is 14.9. The number of carbonyl (C=O) groups is 1. The van der Waals surface area contributed by atoms with E-state index < -0.39 is 16.6 Å². The van der Waals surface area contributed by atoms with Crippen LogP contribution in [-0.4, -0.2) is 15.9 Å². The molecule has 1 amide bonds. The van der Waals surface area contributed by atoms with Crippen molar-refractivity contribution in [2.24, 2.45) is 0 Å². The minimum Gasteiger partial charge on any atom is -0.507 e. The van der Waals surface area contributed by atoms with Gasteiger partial charge >= 0.3 is 0 Å². The lowest BCUT2D eigenvalue weighted by atomic mass is 10.1. The van der Waals surface area contributed by atoms with E-state index in [0.717, 1.165) is 18.2 Å². The lowest BCUT2D eigenvalue weighted by molar-refractivity contribution is -0.384. The minimum absolute atomic E-state index is 0.119. The van der Waals surface area contributed by atoms with E-state index in [0.29, 0.717) is 11.0 Å². The van der Waals surface area contributed by atoms with Crippen LogP contribution in [0.5, 0.6) is 5.75 Å². The van der Waals surface area contributed by atoms with Gasteiger partial charge in [0.15, 0.2) is 0 Å². The Morgan fingerprint density at radius 3 is 2.62 bits per heavy atom. The molecule has 21 heavy (non-hydrogen) atoms. The van der Waals surface area contributed by atoms with Gasteiger partial charge in [-0.1, -0.05) is 0 Å². The molecule has 0 heterocycles. The fraction of sp³-hybridized carbons (Fsp3) is 0. The van der Waals surface area contributed by atoms with Crippen molar-refractivity contribution in [2.75, 3.05) is 5.32 Å². The highest BCUT2D eigenvalue weighted by atomic mass is 31.0. The standard InChI is InChI=1S/C13H10FN2O4P/c14-7-1-4-11(17)9(5-7)13(18)15-10-3-2-8(16(19)20)6-12(10)21/h1-6,17H,21H2,(H,15,18). The molecule has 0 radical (unpaired) electrons. The third-order valence-corrected chi connectivity index (χ3v) is 3.18. The number of benzene rings is 2. The Morgan fingerprint density at radius 2 is 2.00 bits per heavy atom. The molecule has 0 aliphatic carbocycles. The van der Waals surface area contributed by atoms with Crippen molar-refractivity contribution in [2.45, 2.75) is 0 Å². The fourth-order valence-corrected chi connectivity index (χ4v) is 2.00. The number of nitro benzene ring substituents is 1. The summed E-state index contributed by atoms with van der Waals surface area (Å²) in [4.78, 5) is 22.0. The van der Waals surface area contributed by atoms with Crippen molar-refractivity contribution in [3.05, 3.63) is 57.9 Å². The monoisotopic (exact) mass is 308 g/mol. The Bertz CT molecular complexity index is 736. The van der Waals surface area contributed by atoms with Crippen molar-refractivity contribution >= 4 is 31.8 Å². The summed E-state index contributed by atoms with van der Waals surface area (Å²) >= 11 is 0. The lowest BCUT2D eigenvalue weighted by Crippen LogP contribution is -2.16. The highest BCUT2D eigenvalue weighted by Gasteiger charge is 2.15. The number of nitro groups is 1. The third kappa shape index (κ3) is 3.32. The molecule has 0 saturated carbocycles. The van der Waals surface area contributed by atoms with E-state index in [1.807, 2.05) is 0 Å². The van der Waals surface area contributed by atoms with Crippen LogP contribution < -0.4 is 10.6 Å². The number of hydrogen-bond donors (Lipinski definition) is 2. The molecule has 1 unspecified atom stereocenters. The largest absolute Gasteiger partial charge is 0.507 e. The minimum atomic E-state index is -0.718. The summed E-state index contributed by atoms with van der Waals surface area (Å²) in [5.74, 6) is -1.74. The van der Waals surface area contributed by atoms with Crippen LogP contribution in [0.3, 0.4) is 0 Å². The van der Waals surface area contributed by atoms with Gasteiger partial charge in [0.1, 0.15) is 11.6 Å². The predicted octanol–water partition coefficient (Wildman–Crippen LogP) is 2.19. The van der Waals surface area contributed by atoms with Gasteiger partial charge in [-0.15, -0.1) is 9.24 Å². The van der Waals surface area contributed by atoms with E-state index in [4.69, 9.17) is 0 Å². The zero-order valence-electron chi connectivity index (χ0n) is 10.5. The van der Waals surface area contributed by atoms with Crippen LogP contribution in [0, 0.1) is 15.9 Å². The molecule has 0 saturated heterocycles. The van der Waals surface area contributed by atoms with Gasteiger partial charge in [-0.25, -0.2) is 4.39 Å². The fourth-order valence-electron chi connectivity index (χ4n) is 1.66. The summed E-state index contributed by atoms with van der Waals surface area (Å²) in [5.41, 5.74) is -0.0383. The van der Waals surface area contributed by atoms with Gasteiger partial charge < -0.3 is 10.4 Å². The summed E-state index contributed by atoms with van der Waals surface area (Å²) < 4.78 is 13.1. The summed E-state index contributed by atoms with van der Waals surface area (Å²) in [6, 6.07) is 6.86. The molecule has 8 heteroatoms. The number of aromatic hydroxyl groups is 1. The van der Waals surface area contributed by atoms with E-state index in [1.54, 1.807) is 0 Å². The summed E-state index contributed by atoms with van der Waals surface area (Å²) in [6.07, 6.45) is 0. The van der Waals surface area contributed by atoms with Crippen molar-refractivity contribution in [1.29, 1.82) is 0 Å². The number of anilines is 1. The summed E-state index contributed by atoms with van der Waals surface area (Å²) in [5, 5.41) is 23.0. The molecule has 2 N–H and O–H groups in total. The summed E-state index contributed by atoms with van der Waals surface area (Å²) in [7, 11) is 2.26. The van der Waals surface area contributed by atoms with Crippen molar-refractivity contribution in [3.8, 4) is 5.75 Å². The van der Waals surface area contributed by atoms with Crippen LogP contribution in [0.1, 0.15) is 10.4 Å². The smallest absolute Gasteiger partial charge is 0.270 e. The van der Waals surface area contributed by atoms with Crippen LogP contribution >= 0.6 is 9.24 Å². The third-order valence-electron chi connectivity index (χ3n) is 2.70. The molecular weight excluding hydrogens is 298 g/mol. The van der Waals surface area contributed by atoms with Crippen molar-refractivity contribution < 1.29 is 19.2 Å². The zero-order valence-corrected chi connectivity index (χ0v) is 11.7. The Balaban J connectivity index is 2.27. The Labute approximate surface area is 121 Å². The topological polar surface area (TPSA) is 92.5 Å². The molecule has 2 rings (SSSR count).